The van der Waals surface area contributed by atoms with Crippen molar-refractivity contribution in [3.8, 4) is 11.5 Å². The minimum Gasteiger partial charge on any atom is -0.493 e. The van der Waals surface area contributed by atoms with Crippen molar-refractivity contribution in [1.29, 1.82) is 0 Å². The first kappa shape index (κ1) is 23.7. The van der Waals surface area contributed by atoms with Gasteiger partial charge in [0, 0.05) is 37.3 Å². The molecule has 0 unspecified atom stereocenters. The van der Waals surface area contributed by atoms with E-state index in [-0.39, 0.29) is 30.4 Å². The Labute approximate surface area is 188 Å². The third kappa shape index (κ3) is 4.94. The van der Waals surface area contributed by atoms with Crippen molar-refractivity contribution in [2.75, 3.05) is 40.4 Å². The summed E-state index contributed by atoms with van der Waals surface area (Å²) in [6.45, 7) is 4.83. The van der Waals surface area contributed by atoms with E-state index in [1.165, 1.54) is 30.7 Å². The van der Waals surface area contributed by atoms with Gasteiger partial charge in [0.2, 0.25) is 10.0 Å². The van der Waals surface area contributed by atoms with Gasteiger partial charge in [-0.05, 0) is 49.2 Å². The maximum absolute atomic E-state index is 13.2. The van der Waals surface area contributed by atoms with Gasteiger partial charge in [-0.3, -0.25) is 4.79 Å². The summed E-state index contributed by atoms with van der Waals surface area (Å²) in [7, 11) is -0.722. The molecule has 2 aromatic carbocycles. The van der Waals surface area contributed by atoms with Gasteiger partial charge in [0.05, 0.1) is 19.1 Å². The molecule has 0 bridgehead atoms. The van der Waals surface area contributed by atoms with E-state index in [2.05, 4.69) is 6.58 Å². The molecule has 0 aliphatic carbocycles. The van der Waals surface area contributed by atoms with Crippen molar-refractivity contribution in [3.05, 3.63) is 66.0 Å². The zero-order chi connectivity index (χ0) is 23.3. The van der Waals surface area contributed by atoms with Gasteiger partial charge < -0.3 is 14.4 Å². The van der Waals surface area contributed by atoms with Gasteiger partial charge in [0.15, 0.2) is 11.5 Å². The Morgan fingerprint density at radius 3 is 2.44 bits per heavy atom. The van der Waals surface area contributed by atoms with E-state index in [1.807, 2.05) is 0 Å². The summed E-state index contributed by atoms with van der Waals surface area (Å²) in [4.78, 5) is 14.9. The third-order valence-corrected chi connectivity index (χ3v) is 7.27. The van der Waals surface area contributed by atoms with Gasteiger partial charge in [-0.25, -0.2) is 12.8 Å². The van der Waals surface area contributed by atoms with Crippen molar-refractivity contribution in [2.45, 2.75) is 17.7 Å². The highest BCUT2D eigenvalue weighted by Crippen LogP contribution is 2.33. The molecule has 32 heavy (non-hydrogen) atoms. The van der Waals surface area contributed by atoms with Crippen LogP contribution in [0.3, 0.4) is 0 Å². The summed E-state index contributed by atoms with van der Waals surface area (Å²) >= 11 is 0. The first-order valence-electron chi connectivity index (χ1n) is 10.2. The Morgan fingerprint density at radius 1 is 1.09 bits per heavy atom. The molecule has 0 aromatic heterocycles. The molecule has 1 heterocycles. The summed E-state index contributed by atoms with van der Waals surface area (Å²) in [5.74, 6) is 0.293. The van der Waals surface area contributed by atoms with Crippen LogP contribution in [0.15, 0.2) is 53.9 Å². The lowest BCUT2D eigenvalue weighted by Gasteiger charge is -2.23. The average Bonchev–Trinajstić information content (AvgIpc) is 3.05. The van der Waals surface area contributed by atoms with Crippen LogP contribution in [0.4, 0.5) is 4.39 Å². The molecule has 0 spiro atoms. The SMILES string of the molecule is C=CCc1cc(C(=O)N2CCCN(S(=O)(=O)c3ccc(F)cc3)CC2)cc(OC)c1OC. The first-order valence-corrected chi connectivity index (χ1v) is 11.7. The van der Waals surface area contributed by atoms with Crippen LogP contribution in [0, 0.1) is 5.82 Å². The van der Waals surface area contributed by atoms with Crippen LogP contribution in [-0.2, 0) is 16.4 Å². The van der Waals surface area contributed by atoms with Crippen molar-refractivity contribution in [3.63, 3.8) is 0 Å². The number of carbonyl (C=O) groups excluding carboxylic acids is 1. The lowest BCUT2D eigenvalue weighted by Crippen LogP contribution is -2.37. The van der Waals surface area contributed by atoms with Gasteiger partial charge in [0.25, 0.3) is 5.91 Å². The Hall–Kier alpha value is -2.91. The highest BCUT2D eigenvalue weighted by Gasteiger charge is 2.29. The Morgan fingerprint density at radius 2 is 1.81 bits per heavy atom. The monoisotopic (exact) mass is 462 g/mol. The van der Waals surface area contributed by atoms with E-state index in [0.717, 1.165) is 17.7 Å². The molecular formula is C23H27FN2O5S. The van der Waals surface area contributed by atoms with Crippen LogP contribution >= 0.6 is 0 Å². The van der Waals surface area contributed by atoms with Crippen LogP contribution in [0.1, 0.15) is 22.3 Å². The molecular weight excluding hydrogens is 435 g/mol. The number of amides is 1. The van der Waals surface area contributed by atoms with E-state index < -0.39 is 15.8 Å². The van der Waals surface area contributed by atoms with Crippen molar-refractivity contribution < 1.29 is 27.1 Å². The molecule has 0 radical (unpaired) electrons. The summed E-state index contributed by atoms with van der Waals surface area (Å²) in [6.07, 6.45) is 2.71. The van der Waals surface area contributed by atoms with Crippen LogP contribution in [0.5, 0.6) is 11.5 Å². The number of methoxy groups -OCH3 is 2. The fourth-order valence-electron chi connectivity index (χ4n) is 3.75. The molecule has 1 aliphatic heterocycles. The highest BCUT2D eigenvalue weighted by atomic mass is 32.2. The van der Waals surface area contributed by atoms with Crippen molar-refractivity contribution in [1.82, 2.24) is 9.21 Å². The predicted octanol–water partition coefficient (Wildman–Crippen LogP) is 3.11. The lowest BCUT2D eigenvalue weighted by atomic mass is 10.0. The Kier molecular flexibility index (Phi) is 7.52. The zero-order valence-electron chi connectivity index (χ0n) is 18.2. The second-order valence-electron chi connectivity index (χ2n) is 7.37. The van der Waals surface area contributed by atoms with Gasteiger partial charge in [-0.15, -0.1) is 6.58 Å². The van der Waals surface area contributed by atoms with E-state index in [9.17, 15) is 17.6 Å². The van der Waals surface area contributed by atoms with Crippen LogP contribution < -0.4 is 9.47 Å². The number of nitrogens with zero attached hydrogens (tertiary/aromatic N) is 2. The molecule has 3 rings (SSSR count). The number of benzene rings is 2. The molecule has 1 amide bonds. The maximum atomic E-state index is 13.2. The quantitative estimate of drug-likeness (QED) is 0.591. The van der Waals surface area contributed by atoms with Crippen LogP contribution in [-0.4, -0.2) is 63.9 Å². The predicted molar refractivity (Wildman–Crippen MR) is 119 cm³/mol. The number of rotatable bonds is 7. The number of hydrogen-bond acceptors (Lipinski definition) is 5. The number of hydrogen-bond donors (Lipinski definition) is 0. The number of carbonyl (C=O) groups is 1. The van der Waals surface area contributed by atoms with E-state index in [4.69, 9.17) is 9.47 Å². The van der Waals surface area contributed by atoms with Crippen LogP contribution in [0.2, 0.25) is 0 Å². The largest absolute Gasteiger partial charge is 0.493 e. The minimum atomic E-state index is -3.77. The minimum absolute atomic E-state index is 0.0348. The normalized spacial score (nSPS) is 15.2. The zero-order valence-corrected chi connectivity index (χ0v) is 19.0. The van der Waals surface area contributed by atoms with Crippen molar-refractivity contribution >= 4 is 15.9 Å². The molecule has 0 saturated carbocycles. The third-order valence-electron chi connectivity index (χ3n) is 5.36. The first-order chi connectivity index (χ1) is 15.3. The molecule has 1 saturated heterocycles. The molecule has 2 aromatic rings. The molecule has 0 N–H and O–H groups in total. The van der Waals surface area contributed by atoms with Gasteiger partial charge in [0.1, 0.15) is 5.82 Å². The Balaban J connectivity index is 1.80. The average molecular weight is 463 g/mol. The summed E-state index contributed by atoms with van der Waals surface area (Å²) in [5, 5.41) is 0. The molecule has 7 nitrogen and oxygen atoms in total. The highest BCUT2D eigenvalue weighted by molar-refractivity contribution is 7.89. The molecule has 1 aliphatic rings. The number of sulfonamides is 1. The lowest BCUT2D eigenvalue weighted by molar-refractivity contribution is 0.0763. The molecule has 9 heteroatoms. The molecule has 0 atom stereocenters. The van der Waals surface area contributed by atoms with Gasteiger partial charge >= 0.3 is 0 Å². The fraction of sp³-hybridized carbons (Fsp3) is 0.348. The second kappa shape index (κ2) is 10.1. The maximum Gasteiger partial charge on any atom is 0.254 e. The fourth-order valence-corrected chi connectivity index (χ4v) is 5.22. The standard InChI is InChI=1S/C23H27FN2O5S/c1-4-6-17-15-18(16-21(30-2)22(17)31-3)23(27)25-11-5-12-26(14-13-25)32(28,29)20-9-7-19(24)8-10-20/h4,7-10,15-16H,1,5-6,11-14H2,2-3H3. The van der Waals surface area contributed by atoms with Crippen molar-refractivity contribution in [2.24, 2.45) is 0 Å². The second-order valence-corrected chi connectivity index (χ2v) is 9.31. The number of ether oxygens (including phenoxy) is 2. The van der Waals surface area contributed by atoms with E-state index >= 15 is 0 Å². The summed E-state index contributed by atoms with van der Waals surface area (Å²) < 4.78 is 51.2. The summed E-state index contributed by atoms with van der Waals surface area (Å²) in [5.41, 5.74) is 1.22. The number of halogens is 1. The van der Waals surface area contributed by atoms with Gasteiger partial charge in [-0.2, -0.15) is 4.31 Å². The van der Waals surface area contributed by atoms with Gasteiger partial charge in [-0.1, -0.05) is 6.08 Å². The smallest absolute Gasteiger partial charge is 0.254 e. The Bertz CT molecular complexity index is 1090. The summed E-state index contributed by atoms with van der Waals surface area (Å²) in [6, 6.07) is 8.14. The van der Waals surface area contributed by atoms with E-state index in [1.54, 1.807) is 23.1 Å². The molecule has 1 fully saturated rings. The van der Waals surface area contributed by atoms with Crippen LogP contribution in [0.25, 0.3) is 0 Å². The van der Waals surface area contributed by atoms with E-state index in [0.29, 0.717) is 36.4 Å². The molecule has 172 valence electrons. The topological polar surface area (TPSA) is 76.2 Å². The number of allylic oxidation sites excluding steroid dienone is 1.